The Morgan fingerprint density at radius 2 is 2.11 bits per heavy atom. The van der Waals surface area contributed by atoms with Gasteiger partial charge in [-0.3, -0.25) is 4.68 Å². The van der Waals surface area contributed by atoms with Crippen LogP contribution in [0, 0.1) is 0 Å². The summed E-state index contributed by atoms with van der Waals surface area (Å²) in [6, 6.07) is 2.15. The van der Waals surface area contributed by atoms with Gasteiger partial charge in [-0.2, -0.15) is 5.10 Å². The molecule has 0 radical (unpaired) electrons. The van der Waals surface area contributed by atoms with Gasteiger partial charge in [-0.25, -0.2) is 0 Å². The van der Waals surface area contributed by atoms with Gasteiger partial charge in [-0.05, 0) is 39.4 Å². The monoisotopic (exact) mass is 250 g/mol. The van der Waals surface area contributed by atoms with Crippen LogP contribution < -0.4 is 5.73 Å². The quantitative estimate of drug-likeness (QED) is 0.871. The molecule has 1 aliphatic carbocycles. The zero-order chi connectivity index (χ0) is 13.2. The van der Waals surface area contributed by atoms with Gasteiger partial charge in [0.1, 0.15) is 0 Å². The molecule has 0 saturated heterocycles. The number of hydrogen-bond acceptors (Lipinski definition) is 3. The average Bonchev–Trinajstić information content (AvgIpc) is 2.97. The smallest absolute Gasteiger partial charge is 0.0653 e. The van der Waals surface area contributed by atoms with Gasteiger partial charge < -0.3 is 10.6 Å². The highest BCUT2D eigenvalue weighted by Gasteiger charge is 2.43. The summed E-state index contributed by atoms with van der Waals surface area (Å²) in [5.41, 5.74) is 7.91. The normalized spacial score (nSPS) is 20.5. The van der Waals surface area contributed by atoms with E-state index in [1.165, 1.54) is 31.4 Å². The van der Waals surface area contributed by atoms with E-state index in [2.05, 4.69) is 41.8 Å². The van der Waals surface area contributed by atoms with Crippen molar-refractivity contribution in [2.45, 2.75) is 57.2 Å². The summed E-state index contributed by atoms with van der Waals surface area (Å²) in [7, 11) is 4.32. The minimum absolute atomic E-state index is 0.0593. The van der Waals surface area contributed by atoms with Crippen LogP contribution in [0.4, 0.5) is 0 Å². The maximum absolute atomic E-state index is 6.61. The van der Waals surface area contributed by atoms with Crippen LogP contribution in [0.2, 0.25) is 0 Å². The van der Waals surface area contributed by atoms with Crippen LogP contribution in [0.25, 0.3) is 0 Å². The molecule has 0 bridgehead atoms. The van der Waals surface area contributed by atoms with E-state index in [1.807, 2.05) is 6.20 Å². The summed E-state index contributed by atoms with van der Waals surface area (Å²) in [4.78, 5) is 2.33. The number of rotatable bonds is 5. The molecule has 1 heterocycles. The molecule has 0 spiro atoms. The van der Waals surface area contributed by atoms with Crippen LogP contribution in [0.15, 0.2) is 12.3 Å². The Bertz CT molecular complexity index is 377. The fourth-order valence-electron chi connectivity index (χ4n) is 3.30. The van der Waals surface area contributed by atoms with Crippen molar-refractivity contribution in [1.29, 1.82) is 0 Å². The highest BCUT2D eigenvalue weighted by Crippen LogP contribution is 2.42. The lowest BCUT2D eigenvalue weighted by Crippen LogP contribution is -2.50. The molecule has 0 aromatic carbocycles. The molecule has 0 aliphatic heterocycles. The van der Waals surface area contributed by atoms with Gasteiger partial charge in [0, 0.05) is 18.3 Å². The Morgan fingerprint density at radius 1 is 1.44 bits per heavy atom. The molecule has 4 heteroatoms. The summed E-state index contributed by atoms with van der Waals surface area (Å²) in [5, 5.41) is 4.41. The molecule has 1 aromatic heterocycles. The molecule has 1 saturated carbocycles. The van der Waals surface area contributed by atoms with Crippen molar-refractivity contribution < 1.29 is 0 Å². The lowest BCUT2D eigenvalue weighted by molar-refractivity contribution is 0.119. The Labute approximate surface area is 110 Å². The van der Waals surface area contributed by atoms with Crippen molar-refractivity contribution in [1.82, 2.24) is 14.7 Å². The Hall–Kier alpha value is -0.870. The van der Waals surface area contributed by atoms with Crippen molar-refractivity contribution >= 4 is 0 Å². The third-order valence-electron chi connectivity index (χ3n) is 4.44. The van der Waals surface area contributed by atoms with E-state index in [4.69, 9.17) is 5.73 Å². The second kappa shape index (κ2) is 5.41. The fourth-order valence-corrected chi connectivity index (χ4v) is 3.30. The first-order chi connectivity index (χ1) is 8.62. The predicted octanol–water partition coefficient (Wildman–Crippen LogP) is 2.17. The SMILES string of the molecule is CCCn1nccc1C(N)C1(N(C)C)CCCC1. The molecule has 4 nitrogen and oxygen atoms in total. The number of hydrogen-bond donors (Lipinski definition) is 1. The van der Waals surface area contributed by atoms with Gasteiger partial charge in [-0.15, -0.1) is 0 Å². The Balaban J connectivity index is 2.28. The molecule has 0 amide bonds. The zero-order valence-electron chi connectivity index (χ0n) is 11.9. The van der Waals surface area contributed by atoms with E-state index in [0.717, 1.165) is 13.0 Å². The van der Waals surface area contributed by atoms with Crippen molar-refractivity contribution in [3.63, 3.8) is 0 Å². The van der Waals surface area contributed by atoms with Crippen molar-refractivity contribution in [3.05, 3.63) is 18.0 Å². The van der Waals surface area contributed by atoms with Gasteiger partial charge in [0.05, 0.1) is 11.7 Å². The number of nitrogens with zero attached hydrogens (tertiary/aromatic N) is 3. The van der Waals surface area contributed by atoms with E-state index in [0.29, 0.717) is 0 Å². The molecule has 2 rings (SSSR count). The number of aromatic nitrogens is 2. The van der Waals surface area contributed by atoms with Crippen LogP contribution in [-0.4, -0.2) is 34.3 Å². The van der Waals surface area contributed by atoms with Crippen LogP contribution in [0.3, 0.4) is 0 Å². The minimum atomic E-state index is 0.0593. The topological polar surface area (TPSA) is 47.1 Å². The van der Waals surface area contributed by atoms with Crippen LogP contribution in [-0.2, 0) is 6.54 Å². The summed E-state index contributed by atoms with van der Waals surface area (Å²) >= 11 is 0. The molecule has 1 fully saturated rings. The summed E-state index contributed by atoms with van der Waals surface area (Å²) in [6.45, 7) is 3.13. The third-order valence-corrected chi connectivity index (χ3v) is 4.44. The first-order valence-electron chi connectivity index (χ1n) is 7.06. The molecule has 102 valence electrons. The first kappa shape index (κ1) is 13.6. The van der Waals surface area contributed by atoms with E-state index in [-0.39, 0.29) is 11.6 Å². The highest BCUT2D eigenvalue weighted by molar-refractivity contribution is 5.16. The maximum Gasteiger partial charge on any atom is 0.0653 e. The van der Waals surface area contributed by atoms with Crippen molar-refractivity contribution in [3.8, 4) is 0 Å². The van der Waals surface area contributed by atoms with Gasteiger partial charge in [-0.1, -0.05) is 19.8 Å². The Kier molecular flexibility index (Phi) is 4.07. The molecular formula is C14H26N4. The second-order valence-corrected chi connectivity index (χ2v) is 5.66. The molecule has 1 atom stereocenters. The van der Waals surface area contributed by atoms with Gasteiger partial charge in [0.15, 0.2) is 0 Å². The van der Waals surface area contributed by atoms with E-state index >= 15 is 0 Å². The summed E-state index contributed by atoms with van der Waals surface area (Å²) in [6.07, 6.45) is 7.93. The highest BCUT2D eigenvalue weighted by atomic mass is 15.3. The van der Waals surface area contributed by atoms with Crippen LogP contribution in [0.5, 0.6) is 0 Å². The molecule has 1 aliphatic rings. The van der Waals surface area contributed by atoms with Gasteiger partial charge >= 0.3 is 0 Å². The van der Waals surface area contributed by atoms with Crippen molar-refractivity contribution in [2.75, 3.05) is 14.1 Å². The van der Waals surface area contributed by atoms with E-state index in [9.17, 15) is 0 Å². The van der Waals surface area contributed by atoms with E-state index < -0.39 is 0 Å². The van der Waals surface area contributed by atoms with Gasteiger partial charge in [0.2, 0.25) is 0 Å². The lowest BCUT2D eigenvalue weighted by atomic mass is 9.85. The molecule has 2 N–H and O–H groups in total. The summed E-state index contributed by atoms with van der Waals surface area (Å²) < 4.78 is 2.08. The fraction of sp³-hybridized carbons (Fsp3) is 0.786. The predicted molar refractivity (Wildman–Crippen MR) is 74.3 cm³/mol. The number of nitrogens with two attached hydrogens (primary N) is 1. The van der Waals surface area contributed by atoms with Crippen LogP contribution in [0.1, 0.15) is 50.8 Å². The summed E-state index contributed by atoms with van der Waals surface area (Å²) in [5.74, 6) is 0. The van der Waals surface area contributed by atoms with Gasteiger partial charge in [0.25, 0.3) is 0 Å². The van der Waals surface area contributed by atoms with E-state index in [1.54, 1.807) is 0 Å². The molecule has 1 unspecified atom stereocenters. The van der Waals surface area contributed by atoms with Crippen molar-refractivity contribution in [2.24, 2.45) is 5.73 Å². The zero-order valence-corrected chi connectivity index (χ0v) is 11.9. The number of likely N-dealkylation sites (N-methyl/N-ethyl adjacent to an activating group) is 1. The maximum atomic E-state index is 6.61. The largest absolute Gasteiger partial charge is 0.321 e. The molecule has 18 heavy (non-hydrogen) atoms. The average molecular weight is 250 g/mol. The first-order valence-corrected chi connectivity index (χ1v) is 7.06. The molecule has 1 aromatic rings. The lowest BCUT2D eigenvalue weighted by Gasteiger charge is -2.41. The molecular weight excluding hydrogens is 224 g/mol. The third kappa shape index (κ3) is 2.19. The standard InChI is InChI=1S/C14H26N4/c1-4-11-18-12(7-10-16-18)13(15)14(17(2)3)8-5-6-9-14/h7,10,13H,4-6,8-9,11,15H2,1-3H3. The second-order valence-electron chi connectivity index (χ2n) is 5.66. The number of aryl methyl sites for hydroxylation is 1. The minimum Gasteiger partial charge on any atom is -0.321 e. The Morgan fingerprint density at radius 3 is 2.67 bits per heavy atom. The van der Waals surface area contributed by atoms with Crippen LogP contribution >= 0.6 is 0 Å².